The number of carbonyl (C=O) groups is 1. The molecule has 1 aromatic rings. The SMILES string of the molecule is COc1ccc(OC(=O)CC2CCCNC2)cc1. The summed E-state index contributed by atoms with van der Waals surface area (Å²) in [5.41, 5.74) is 0. The number of nitrogens with one attached hydrogen (secondary N) is 1. The predicted octanol–water partition coefficient (Wildman–Crippen LogP) is 1.99. The van der Waals surface area contributed by atoms with Crippen LogP contribution in [0, 0.1) is 5.92 Å². The van der Waals surface area contributed by atoms with Gasteiger partial charge >= 0.3 is 5.97 Å². The molecule has 1 atom stereocenters. The zero-order valence-electron chi connectivity index (χ0n) is 10.6. The van der Waals surface area contributed by atoms with Crippen LogP contribution in [0.4, 0.5) is 0 Å². The fourth-order valence-electron chi connectivity index (χ4n) is 2.15. The van der Waals surface area contributed by atoms with E-state index in [1.54, 1.807) is 31.4 Å². The van der Waals surface area contributed by atoms with Gasteiger partial charge in [-0.25, -0.2) is 0 Å². The number of carbonyl (C=O) groups excluding carboxylic acids is 1. The Bertz CT molecular complexity index is 383. The lowest BCUT2D eigenvalue weighted by molar-refractivity contribution is -0.135. The number of hydrogen-bond acceptors (Lipinski definition) is 4. The largest absolute Gasteiger partial charge is 0.497 e. The lowest BCUT2D eigenvalue weighted by atomic mass is 9.96. The molecule has 1 aromatic carbocycles. The number of benzene rings is 1. The van der Waals surface area contributed by atoms with Crippen LogP contribution in [0.25, 0.3) is 0 Å². The second kappa shape index (κ2) is 6.40. The maximum absolute atomic E-state index is 11.8. The van der Waals surface area contributed by atoms with E-state index in [1.807, 2.05) is 0 Å². The van der Waals surface area contributed by atoms with E-state index < -0.39 is 0 Å². The maximum Gasteiger partial charge on any atom is 0.311 e. The molecule has 0 saturated carbocycles. The van der Waals surface area contributed by atoms with E-state index in [9.17, 15) is 4.79 Å². The fraction of sp³-hybridized carbons (Fsp3) is 0.500. The zero-order chi connectivity index (χ0) is 12.8. The van der Waals surface area contributed by atoms with Crippen molar-refractivity contribution >= 4 is 5.97 Å². The van der Waals surface area contributed by atoms with Gasteiger partial charge in [-0.05, 0) is 56.1 Å². The maximum atomic E-state index is 11.8. The van der Waals surface area contributed by atoms with Crippen LogP contribution in [0.5, 0.6) is 11.5 Å². The molecule has 1 heterocycles. The number of rotatable bonds is 4. The second-order valence-electron chi connectivity index (χ2n) is 4.57. The number of ether oxygens (including phenoxy) is 2. The Hall–Kier alpha value is -1.55. The molecule has 1 unspecified atom stereocenters. The summed E-state index contributed by atoms with van der Waals surface area (Å²) in [5, 5.41) is 3.29. The van der Waals surface area contributed by atoms with Gasteiger partial charge < -0.3 is 14.8 Å². The Morgan fingerprint density at radius 3 is 2.67 bits per heavy atom. The molecule has 4 nitrogen and oxygen atoms in total. The average Bonchev–Trinajstić information content (AvgIpc) is 2.40. The number of piperidine rings is 1. The van der Waals surface area contributed by atoms with E-state index >= 15 is 0 Å². The minimum Gasteiger partial charge on any atom is -0.497 e. The van der Waals surface area contributed by atoms with Crippen LogP contribution in [-0.4, -0.2) is 26.2 Å². The molecule has 0 amide bonds. The van der Waals surface area contributed by atoms with E-state index in [1.165, 1.54) is 0 Å². The lowest BCUT2D eigenvalue weighted by Gasteiger charge is -2.21. The van der Waals surface area contributed by atoms with Crippen molar-refractivity contribution in [2.45, 2.75) is 19.3 Å². The number of hydrogen-bond donors (Lipinski definition) is 1. The molecular formula is C14H19NO3. The third kappa shape index (κ3) is 3.74. The summed E-state index contributed by atoms with van der Waals surface area (Å²) in [7, 11) is 1.61. The van der Waals surface area contributed by atoms with Crippen molar-refractivity contribution in [3.8, 4) is 11.5 Å². The molecule has 0 radical (unpaired) electrons. The summed E-state index contributed by atoms with van der Waals surface area (Å²) in [4.78, 5) is 11.8. The molecule has 1 fully saturated rings. The molecule has 0 bridgehead atoms. The molecule has 1 saturated heterocycles. The Morgan fingerprint density at radius 2 is 2.06 bits per heavy atom. The summed E-state index contributed by atoms with van der Waals surface area (Å²) >= 11 is 0. The molecule has 0 aromatic heterocycles. The van der Waals surface area contributed by atoms with Gasteiger partial charge in [0, 0.05) is 6.42 Å². The smallest absolute Gasteiger partial charge is 0.311 e. The molecule has 1 aliphatic heterocycles. The quantitative estimate of drug-likeness (QED) is 0.655. The predicted molar refractivity (Wildman–Crippen MR) is 68.8 cm³/mol. The first-order valence-electron chi connectivity index (χ1n) is 6.33. The van der Waals surface area contributed by atoms with Crippen LogP contribution < -0.4 is 14.8 Å². The second-order valence-corrected chi connectivity index (χ2v) is 4.57. The molecule has 1 N–H and O–H groups in total. The third-order valence-electron chi connectivity index (χ3n) is 3.15. The van der Waals surface area contributed by atoms with E-state index in [4.69, 9.17) is 9.47 Å². The van der Waals surface area contributed by atoms with E-state index in [2.05, 4.69) is 5.32 Å². The van der Waals surface area contributed by atoms with Crippen molar-refractivity contribution in [1.29, 1.82) is 0 Å². The van der Waals surface area contributed by atoms with Gasteiger partial charge in [-0.3, -0.25) is 4.79 Å². The van der Waals surface area contributed by atoms with Crippen molar-refractivity contribution < 1.29 is 14.3 Å². The Kier molecular flexibility index (Phi) is 4.59. The molecule has 4 heteroatoms. The summed E-state index contributed by atoms with van der Waals surface area (Å²) < 4.78 is 10.3. The summed E-state index contributed by atoms with van der Waals surface area (Å²) in [6.07, 6.45) is 2.73. The number of esters is 1. The van der Waals surface area contributed by atoms with Crippen LogP contribution in [-0.2, 0) is 4.79 Å². The minimum absolute atomic E-state index is 0.158. The van der Waals surface area contributed by atoms with Crippen LogP contribution >= 0.6 is 0 Å². The Morgan fingerprint density at radius 1 is 1.33 bits per heavy atom. The average molecular weight is 249 g/mol. The summed E-state index contributed by atoms with van der Waals surface area (Å²) in [5.74, 6) is 1.58. The molecular weight excluding hydrogens is 230 g/mol. The topological polar surface area (TPSA) is 47.6 Å². The van der Waals surface area contributed by atoms with Gasteiger partial charge in [0.15, 0.2) is 0 Å². The molecule has 98 valence electrons. The molecule has 18 heavy (non-hydrogen) atoms. The van der Waals surface area contributed by atoms with E-state index in [-0.39, 0.29) is 5.97 Å². The summed E-state index contributed by atoms with van der Waals surface area (Å²) in [6.45, 7) is 1.97. The van der Waals surface area contributed by atoms with Gasteiger partial charge in [-0.2, -0.15) is 0 Å². The highest BCUT2D eigenvalue weighted by molar-refractivity contribution is 5.72. The third-order valence-corrected chi connectivity index (χ3v) is 3.15. The Balaban J connectivity index is 1.82. The highest BCUT2D eigenvalue weighted by Gasteiger charge is 2.17. The molecule has 0 spiro atoms. The highest BCUT2D eigenvalue weighted by Crippen LogP contribution is 2.19. The van der Waals surface area contributed by atoms with Gasteiger partial charge in [0.2, 0.25) is 0 Å². The van der Waals surface area contributed by atoms with Crippen molar-refractivity contribution in [1.82, 2.24) is 5.32 Å². The van der Waals surface area contributed by atoms with E-state index in [0.717, 1.165) is 31.7 Å². The highest BCUT2D eigenvalue weighted by atomic mass is 16.5. The Labute approximate surface area is 107 Å². The van der Waals surface area contributed by atoms with Crippen LogP contribution in [0.1, 0.15) is 19.3 Å². The van der Waals surface area contributed by atoms with Crippen molar-refractivity contribution in [2.24, 2.45) is 5.92 Å². The van der Waals surface area contributed by atoms with Gasteiger partial charge in [0.05, 0.1) is 7.11 Å². The zero-order valence-corrected chi connectivity index (χ0v) is 10.6. The molecule has 1 aliphatic rings. The van der Waals surface area contributed by atoms with Crippen LogP contribution in [0.2, 0.25) is 0 Å². The van der Waals surface area contributed by atoms with Crippen molar-refractivity contribution in [2.75, 3.05) is 20.2 Å². The molecule has 2 rings (SSSR count). The first-order valence-corrected chi connectivity index (χ1v) is 6.33. The van der Waals surface area contributed by atoms with Gasteiger partial charge in [0.25, 0.3) is 0 Å². The van der Waals surface area contributed by atoms with Crippen LogP contribution in [0.3, 0.4) is 0 Å². The van der Waals surface area contributed by atoms with Gasteiger partial charge in [-0.15, -0.1) is 0 Å². The minimum atomic E-state index is -0.158. The monoisotopic (exact) mass is 249 g/mol. The molecule has 0 aliphatic carbocycles. The van der Waals surface area contributed by atoms with Crippen LogP contribution in [0.15, 0.2) is 24.3 Å². The van der Waals surface area contributed by atoms with Gasteiger partial charge in [0.1, 0.15) is 11.5 Å². The van der Waals surface area contributed by atoms with Crippen molar-refractivity contribution in [3.05, 3.63) is 24.3 Å². The lowest BCUT2D eigenvalue weighted by Crippen LogP contribution is -2.31. The van der Waals surface area contributed by atoms with E-state index in [0.29, 0.717) is 18.1 Å². The fourth-order valence-corrected chi connectivity index (χ4v) is 2.15. The number of methoxy groups -OCH3 is 1. The normalized spacial score (nSPS) is 19.3. The van der Waals surface area contributed by atoms with Crippen molar-refractivity contribution in [3.63, 3.8) is 0 Å². The van der Waals surface area contributed by atoms with Gasteiger partial charge in [-0.1, -0.05) is 0 Å². The first kappa shape index (κ1) is 12.9. The summed E-state index contributed by atoms with van der Waals surface area (Å²) in [6, 6.07) is 7.06. The first-order chi connectivity index (χ1) is 8.78. The standard InChI is InChI=1S/C14H19NO3/c1-17-12-4-6-13(7-5-12)18-14(16)9-11-3-2-8-15-10-11/h4-7,11,15H,2-3,8-10H2,1H3.